The molecule has 0 amide bonds. The van der Waals surface area contributed by atoms with E-state index in [-0.39, 0.29) is 0 Å². The van der Waals surface area contributed by atoms with Crippen LogP contribution < -0.4 is 10.2 Å². The second-order valence-electron chi connectivity index (χ2n) is 6.96. The second-order valence-corrected chi connectivity index (χ2v) is 6.96. The fourth-order valence-electron chi connectivity index (χ4n) is 2.67. The smallest absolute Gasteiger partial charge is 0.175 e. The highest BCUT2D eigenvalue weighted by atomic mass is 15.3. The quantitative estimate of drug-likeness (QED) is 0.800. The number of azo groups is 1. The van der Waals surface area contributed by atoms with Gasteiger partial charge in [-0.05, 0) is 37.8 Å². The first-order valence-electron chi connectivity index (χ1n) is 8.55. The third-order valence-corrected chi connectivity index (χ3v) is 4.06. The van der Waals surface area contributed by atoms with Crippen molar-refractivity contribution in [2.45, 2.75) is 34.1 Å². The molecule has 0 atom stereocenters. The highest BCUT2D eigenvalue weighted by molar-refractivity contribution is 5.68. The van der Waals surface area contributed by atoms with Gasteiger partial charge in [-0.2, -0.15) is 5.10 Å². The fourth-order valence-corrected chi connectivity index (χ4v) is 2.67. The highest BCUT2D eigenvalue weighted by Crippen LogP contribution is 2.32. The molecule has 0 aliphatic rings. The molecule has 7 heteroatoms. The molecule has 0 radical (unpaired) electrons. The van der Waals surface area contributed by atoms with Gasteiger partial charge in [-0.3, -0.25) is 0 Å². The summed E-state index contributed by atoms with van der Waals surface area (Å²) >= 11 is 0. The van der Waals surface area contributed by atoms with Crippen LogP contribution in [0.5, 0.6) is 0 Å². The summed E-state index contributed by atoms with van der Waals surface area (Å²) in [5.74, 6) is 2.94. The van der Waals surface area contributed by atoms with Crippen molar-refractivity contribution in [2.24, 2.45) is 23.2 Å². The van der Waals surface area contributed by atoms with Crippen LogP contribution >= 0.6 is 0 Å². The Hall–Kier alpha value is -2.44. The summed E-state index contributed by atoms with van der Waals surface area (Å²) in [6.07, 6.45) is 0.940. The Kier molecular flexibility index (Phi) is 5.77. The zero-order valence-electron chi connectivity index (χ0n) is 16.5. The molecule has 2 aromatic heterocycles. The molecular weight excluding hydrogens is 314 g/mol. The summed E-state index contributed by atoms with van der Waals surface area (Å²) in [6.45, 7) is 8.45. The topological polar surface area (TPSA) is 70.7 Å². The van der Waals surface area contributed by atoms with Gasteiger partial charge < -0.3 is 10.2 Å². The van der Waals surface area contributed by atoms with E-state index in [0.29, 0.717) is 5.92 Å². The van der Waals surface area contributed by atoms with Crippen LogP contribution in [0.3, 0.4) is 0 Å². The average Bonchev–Trinajstić information content (AvgIpc) is 2.79. The maximum atomic E-state index is 4.59. The molecule has 0 unspecified atom stereocenters. The van der Waals surface area contributed by atoms with Gasteiger partial charge in [-0.25, -0.2) is 9.67 Å². The first-order chi connectivity index (χ1) is 11.7. The van der Waals surface area contributed by atoms with Gasteiger partial charge in [0.25, 0.3) is 0 Å². The Bertz CT molecular complexity index is 772. The number of hydrogen-bond acceptors (Lipinski definition) is 6. The number of aromatic nitrogens is 3. The van der Waals surface area contributed by atoms with E-state index in [2.05, 4.69) is 46.4 Å². The molecule has 0 aromatic carbocycles. The lowest BCUT2D eigenvalue weighted by atomic mass is 10.1. The molecule has 0 saturated carbocycles. The minimum Gasteiger partial charge on any atom is -0.371 e. The summed E-state index contributed by atoms with van der Waals surface area (Å²) in [5, 5.41) is 16.7. The number of anilines is 2. The molecule has 0 bridgehead atoms. The maximum Gasteiger partial charge on any atom is 0.175 e. The third kappa shape index (κ3) is 4.15. The lowest BCUT2D eigenvalue weighted by Gasteiger charge is -2.15. The predicted molar refractivity (Wildman–Crippen MR) is 104 cm³/mol. The number of rotatable bonds is 6. The number of aryl methyl sites for hydroxylation is 2. The summed E-state index contributed by atoms with van der Waals surface area (Å²) in [4.78, 5) is 6.56. The molecule has 2 rings (SSSR count). The summed E-state index contributed by atoms with van der Waals surface area (Å²) < 4.78 is 1.80. The SMILES string of the molecule is CNc1nc(N(C)C)cc(C)c1N=Nc1c(C)c(CC(C)C)nn1C. The molecular formula is C18H29N7. The van der Waals surface area contributed by atoms with Crippen LogP contribution in [0.1, 0.15) is 30.7 Å². The highest BCUT2D eigenvalue weighted by Gasteiger charge is 2.14. The van der Waals surface area contributed by atoms with Crippen LogP contribution in [0.2, 0.25) is 0 Å². The number of pyridine rings is 1. The van der Waals surface area contributed by atoms with Gasteiger partial charge in [0.15, 0.2) is 11.6 Å². The Labute approximate surface area is 150 Å². The standard InChI is InChI=1S/C18H29N7/c1-11(2)9-14-13(4)18(25(8)23-14)22-21-16-12(3)10-15(24(6)7)20-17(16)19-5/h10-11H,9H2,1-8H3,(H,19,20). The molecule has 7 nitrogen and oxygen atoms in total. The van der Waals surface area contributed by atoms with Crippen LogP contribution in [0.4, 0.5) is 23.1 Å². The first-order valence-corrected chi connectivity index (χ1v) is 8.55. The van der Waals surface area contributed by atoms with E-state index in [1.807, 2.05) is 46.1 Å². The van der Waals surface area contributed by atoms with E-state index in [9.17, 15) is 0 Å². The number of hydrogen-bond donors (Lipinski definition) is 1. The monoisotopic (exact) mass is 343 g/mol. The van der Waals surface area contributed by atoms with E-state index in [1.165, 1.54) is 0 Å². The Morgan fingerprint density at radius 2 is 1.92 bits per heavy atom. The zero-order chi connectivity index (χ0) is 18.7. The number of nitrogens with one attached hydrogen (secondary N) is 1. The molecule has 0 aliphatic heterocycles. The van der Waals surface area contributed by atoms with Crippen LogP contribution in [-0.4, -0.2) is 35.9 Å². The molecule has 0 spiro atoms. The molecule has 1 N–H and O–H groups in total. The third-order valence-electron chi connectivity index (χ3n) is 4.06. The van der Waals surface area contributed by atoms with Crippen molar-refractivity contribution in [2.75, 3.05) is 31.4 Å². The fraction of sp³-hybridized carbons (Fsp3) is 0.556. The molecule has 0 saturated heterocycles. The van der Waals surface area contributed by atoms with Gasteiger partial charge in [0.2, 0.25) is 0 Å². The minimum atomic E-state index is 0.555. The first kappa shape index (κ1) is 18.9. The van der Waals surface area contributed by atoms with Crippen molar-refractivity contribution in [3.8, 4) is 0 Å². The molecule has 2 heterocycles. The van der Waals surface area contributed by atoms with Crippen molar-refractivity contribution in [1.29, 1.82) is 0 Å². The van der Waals surface area contributed by atoms with Crippen molar-refractivity contribution < 1.29 is 0 Å². The van der Waals surface area contributed by atoms with E-state index in [4.69, 9.17) is 0 Å². The Morgan fingerprint density at radius 1 is 1.24 bits per heavy atom. The Morgan fingerprint density at radius 3 is 2.48 bits per heavy atom. The molecule has 0 aliphatic carbocycles. The van der Waals surface area contributed by atoms with Crippen molar-refractivity contribution in [3.05, 3.63) is 22.9 Å². The molecule has 0 fully saturated rings. The largest absolute Gasteiger partial charge is 0.371 e. The van der Waals surface area contributed by atoms with E-state index < -0.39 is 0 Å². The molecule has 2 aromatic rings. The van der Waals surface area contributed by atoms with Crippen molar-refractivity contribution >= 4 is 23.1 Å². The summed E-state index contributed by atoms with van der Waals surface area (Å²) in [7, 11) is 7.69. The van der Waals surface area contributed by atoms with Crippen molar-refractivity contribution in [3.63, 3.8) is 0 Å². The van der Waals surface area contributed by atoms with Crippen LogP contribution in [-0.2, 0) is 13.5 Å². The summed E-state index contributed by atoms with van der Waals surface area (Å²) in [6, 6.07) is 2.01. The number of nitrogens with zero attached hydrogens (tertiary/aromatic N) is 6. The van der Waals surface area contributed by atoms with E-state index in [0.717, 1.165) is 46.4 Å². The Balaban J connectivity index is 2.41. The average molecular weight is 343 g/mol. The van der Waals surface area contributed by atoms with Gasteiger partial charge in [0.1, 0.15) is 11.5 Å². The van der Waals surface area contributed by atoms with Gasteiger partial charge in [-0.1, -0.05) is 13.8 Å². The minimum absolute atomic E-state index is 0.555. The predicted octanol–water partition coefficient (Wildman–Crippen LogP) is 4.15. The molecule has 25 heavy (non-hydrogen) atoms. The van der Waals surface area contributed by atoms with E-state index >= 15 is 0 Å². The maximum absolute atomic E-state index is 4.59. The van der Waals surface area contributed by atoms with Crippen LogP contribution in [0.15, 0.2) is 16.3 Å². The molecule has 136 valence electrons. The van der Waals surface area contributed by atoms with Gasteiger partial charge >= 0.3 is 0 Å². The lowest BCUT2D eigenvalue weighted by molar-refractivity contribution is 0.619. The van der Waals surface area contributed by atoms with E-state index in [1.54, 1.807) is 4.68 Å². The normalized spacial score (nSPS) is 11.6. The van der Waals surface area contributed by atoms with Crippen LogP contribution in [0.25, 0.3) is 0 Å². The van der Waals surface area contributed by atoms with Crippen molar-refractivity contribution in [1.82, 2.24) is 14.8 Å². The van der Waals surface area contributed by atoms with Crippen LogP contribution in [0, 0.1) is 19.8 Å². The van der Waals surface area contributed by atoms with Gasteiger partial charge in [-0.15, -0.1) is 10.2 Å². The lowest BCUT2D eigenvalue weighted by Crippen LogP contribution is -2.11. The second kappa shape index (κ2) is 7.63. The zero-order valence-corrected chi connectivity index (χ0v) is 16.5. The van der Waals surface area contributed by atoms with Gasteiger partial charge in [0, 0.05) is 33.8 Å². The van der Waals surface area contributed by atoms with Gasteiger partial charge in [0.05, 0.1) is 5.69 Å². The summed E-state index contributed by atoms with van der Waals surface area (Å²) in [5.41, 5.74) is 3.94.